The number of benzene rings is 1. The van der Waals surface area contributed by atoms with Crippen LogP contribution in [0.15, 0.2) is 24.3 Å². The van der Waals surface area contributed by atoms with E-state index < -0.39 is 0 Å². The van der Waals surface area contributed by atoms with E-state index in [1.165, 1.54) is 16.9 Å². The van der Waals surface area contributed by atoms with Crippen molar-refractivity contribution in [1.29, 1.82) is 0 Å². The lowest BCUT2D eigenvalue weighted by molar-refractivity contribution is 0.103. The molecule has 1 aliphatic rings. The number of hydrogen-bond donors (Lipinski definition) is 2. The van der Waals surface area contributed by atoms with Crippen LogP contribution in [0.25, 0.3) is 0 Å². The quantitative estimate of drug-likeness (QED) is 0.829. The minimum absolute atomic E-state index is 0. The first-order valence-corrected chi connectivity index (χ1v) is 7.24. The molecule has 1 amide bonds. The van der Waals surface area contributed by atoms with Gasteiger partial charge in [-0.1, -0.05) is 6.07 Å². The van der Waals surface area contributed by atoms with E-state index in [0.29, 0.717) is 5.69 Å². The topological polar surface area (TPSA) is 55.1 Å². The number of amides is 1. The van der Waals surface area contributed by atoms with Gasteiger partial charge in [0.2, 0.25) is 0 Å². The molecule has 2 aromatic rings. The van der Waals surface area contributed by atoms with Crippen LogP contribution in [0.1, 0.15) is 32.1 Å². The summed E-state index contributed by atoms with van der Waals surface area (Å²) < 4.78 is 0. The summed E-state index contributed by atoms with van der Waals surface area (Å²) in [5.41, 5.74) is 9.57. The summed E-state index contributed by atoms with van der Waals surface area (Å²) in [6.45, 7) is 1.96. The molecule has 5 heteroatoms. The predicted octanol–water partition coefficient (Wildman–Crippen LogP) is 3.80. The molecule has 0 radical (unpaired) electrons. The fourth-order valence-electron chi connectivity index (χ4n) is 2.40. The number of nitrogens with two attached hydrogens (primary N) is 1. The molecule has 1 heterocycles. The molecule has 0 atom stereocenters. The molecule has 0 spiro atoms. The monoisotopic (exact) mass is 308 g/mol. The van der Waals surface area contributed by atoms with Gasteiger partial charge in [0, 0.05) is 16.3 Å². The highest BCUT2D eigenvalue weighted by Crippen LogP contribution is 2.31. The zero-order chi connectivity index (χ0) is 13.4. The van der Waals surface area contributed by atoms with Gasteiger partial charge in [-0.05, 0) is 55.5 Å². The highest BCUT2D eigenvalue weighted by molar-refractivity contribution is 7.14. The van der Waals surface area contributed by atoms with Crippen molar-refractivity contribution in [2.75, 3.05) is 11.1 Å². The first-order valence-electron chi connectivity index (χ1n) is 6.42. The van der Waals surface area contributed by atoms with Gasteiger partial charge >= 0.3 is 0 Å². The van der Waals surface area contributed by atoms with Gasteiger partial charge in [0.05, 0.1) is 4.88 Å². The second-order valence-corrected chi connectivity index (χ2v) is 6.08. The van der Waals surface area contributed by atoms with Gasteiger partial charge in [0.25, 0.3) is 5.91 Å². The number of carbonyl (C=O) groups excluding carboxylic acids is 1. The van der Waals surface area contributed by atoms with Crippen molar-refractivity contribution in [3.05, 3.63) is 45.1 Å². The number of fused-ring (bicyclic) bond motifs is 1. The van der Waals surface area contributed by atoms with E-state index >= 15 is 0 Å². The molecule has 0 fully saturated rings. The molecule has 3 rings (SSSR count). The standard InChI is InChI=1S/C15H16N2OS.ClH/c1-9-5-6-11(16)8-12(9)17-15(18)14-7-10-3-2-4-13(10)19-14;/h5-8H,2-4,16H2,1H3,(H,17,18);1H. The molecule has 0 saturated carbocycles. The number of carbonyl (C=O) groups is 1. The van der Waals surface area contributed by atoms with E-state index in [0.717, 1.165) is 29.0 Å². The molecule has 0 bridgehead atoms. The second-order valence-electron chi connectivity index (χ2n) is 4.94. The number of rotatable bonds is 2. The van der Waals surface area contributed by atoms with Crippen molar-refractivity contribution in [2.45, 2.75) is 26.2 Å². The van der Waals surface area contributed by atoms with E-state index in [4.69, 9.17) is 5.73 Å². The van der Waals surface area contributed by atoms with Crippen molar-refractivity contribution in [1.82, 2.24) is 0 Å². The number of anilines is 2. The molecule has 20 heavy (non-hydrogen) atoms. The Morgan fingerprint density at radius 3 is 2.85 bits per heavy atom. The Morgan fingerprint density at radius 1 is 1.30 bits per heavy atom. The van der Waals surface area contributed by atoms with Crippen LogP contribution >= 0.6 is 23.7 Å². The third-order valence-electron chi connectivity index (χ3n) is 3.48. The van der Waals surface area contributed by atoms with Gasteiger partial charge in [-0.2, -0.15) is 0 Å². The number of thiophene rings is 1. The molecule has 1 aromatic heterocycles. The van der Waals surface area contributed by atoms with Crippen molar-refractivity contribution in [2.24, 2.45) is 0 Å². The summed E-state index contributed by atoms with van der Waals surface area (Å²) >= 11 is 1.62. The number of nitrogens with one attached hydrogen (secondary N) is 1. The summed E-state index contributed by atoms with van der Waals surface area (Å²) in [7, 11) is 0. The molecule has 0 aliphatic heterocycles. The van der Waals surface area contributed by atoms with E-state index in [1.54, 1.807) is 17.4 Å². The maximum absolute atomic E-state index is 12.2. The number of aryl methyl sites for hydroxylation is 3. The van der Waals surface area contributed by atoms with Crippen LogP contribution in [0.3, 0.4) is 0 Å². The van der Waals surface area contributed by atoms with Gasteiger partial charge in [-0.3, -0.25) is 4.79 Å². The van der Waals surface area contributed by atoms with Crippen LogP contribution in [-0.4, -0.2) is 5.91 Å². The second kappa shape index (κ2) is 5.85. The van der Waals surface area contributed by atoms with Crippen molar-refractivity contribution in [3.8, 4) is 0 Å². The Labute approximate surface area is 128 Å². The Balaban J connectivity index is 0.00000147. The minimum Gasteiger partial charge on any atom is -0.399 e. The summed E-state index contributed by atoms with van der Waals surface area (Å²) in [6.07, 6.45) is 3.44. The van der Waals surface area contributed by atoms with Crippen LogP contribution in [0.2, 0.25) is 0 Å². The average Bonchev–Trinajstić information content (AvgIpc) is 2.94. The minimum atomic E-state index is -0.0342. The lowest BCUT2D eigenvalue weighted by Crippen LogP contribution is -2.11. The highest BCUT2D eigenvalue weighted by Gasteiger charge is 2.18. The summed E-state index contributed by atoms with van der Waals surface area (Å²) in [6, 6.07) is 7.59. The van der Waals surface area contributed by atoms with Gasteiger partial charge < -0.3 is 11.1 Å². The SMILES string of the molecule is Cc1ccc(N)cc1NC(=O)c1cc2c(s1)CCC2.Cl. The normalized spacial score (nSPS) is 12.7. The van der Waals surface area contributed by atoms with Gasteiger partial charge in [-0.25, -0.2) is 0 Å². The van der Waals surface area contributed by atoms with Crippen molar-refractivity contribution < 1.29 is 4.79 Å². The van der Waals surface area contributed by atoms with Crippen molar-refractivity contribution >= 4 is 41.0 Å². The Kier molecular flexibility index (Phi) is 4.35. The summed E-state index contributed by atoms with van der Waals surface area (Å²) in [4.78, 5) is 14.4. The predicted molar refractivity (Wildman–Crippen MR) is 87.1 cm³/mol. The molecule has 0 unspecified atom stereocenters. The molecule has 3 N–H and O–H groups in total. The maximum Gasteiger partial charge on any atom is 0.265 e. The third kappa shape index (κ3) is 2.81. The fraction of sp³-hybridized carbons (Fsp3) is 0.267. The van der Waals surface area contributed by atoms with Crippen LogP contribution in [0.4, 0.5) is 11.4 Å². The van der Waals surface area contributed by atoms with Crippen LogP contribution < -0.4 is 11.1 Å². The van der Waals surface area contributed by atoms with E-state index in [1.807, 2.05) is 25.1 Å². The van der Waals surface area contributed by atoms with E-state index in [-0.39, 0.29) is 18.3 Å². The largest absolute Gasteiger partial charge is 0.399 e. The summed E-state index contributed by atoms with van der Waals surface area (Å²) in [5, 5.41) is 2.95. The fourth-order valence-corrected chi connectivity index (χ4v) is 3.55. The third-order valence-corrected chi connectivity index (χ3v) is 4.72. The number of halogens is 1. The Morgan fingerprint density at radius 2 is 2.10 bits per heavy atom. The number of nitrogen functional groups attached to an aromatic ring is 1. The van der Waals surface area contributed by atoms with Gasteiger partial charge in [0.15, 0.2) is 0 Å². The van der Waals surface area contributed by atoms with Crippen LogP contribution in [0.5, 0.6) is 0 Å². The first kappa shape index (κ1) is 14.9. The van der Waals surface area contributed by atoms with Crippen LogP contribution in [-0.2, 0) is 12.8 Å². The van der Waals surface area contributed by atoms with Gasteiger partial charge in [0.1, 0.15) is 0 Å². The molecule has 3 nitrogen and oxygen atoms in total. The highest BCUT2D eigenvalue weighted by atomic mass is 35.5. The van der Waals surface area contributed by atoms with E-state index in [2.05, 4.69) is 5.32 Å². The van der Waals surface area contributed by atoms with Gasteiger partial charge in [-0.15, -0.1) is 23.7 Å². The molecule has 106 valence electrons. The molecule has 1 aromatic carbocycles. The summed E-state index contributed by atoms with van der Waals surface area (Å²) in [5.74, 6) is -0.0342. The molecule has 0 saturated heterocycles. The lowest BCUT2D eigenvalue weighted by atomic mass is 10.2. The smallest absolute Gasteiger partial charge is 0.265 e. The number of hydrogen-bond acceptors (Lipinski definition) is 3. The molecular weight excluding hydrogens is 292 g/mol. The first-order chi connectivity index (χ1) is 9.13. The van der Waals surface area contributed by atoms with E-state index in [9.17, 15) is 4.79 Å². The molecule has 1 aliphatic carbocycles. The molecular formula is C15H17ClN2OS. The zero-order valence-electron chi connectivity index (χ0n) is 11.2. The zero-order valence-corrected chi connectivity index (χ0v) is 12.9. The Hall–Kier alpha value is -1.52. The Bertz CT molecular complexity index is 630. The average molecular weight is 309 g/mol. The van der Waals surface area contributed by atoms with Crippen molar-refractivity contribution in [3.63, 3.8) is 0 Å². The maximum atomic E-state index is 12.2. The lowest BCUT2D eigenvalue weighted by Gasteiger charge is -2.08. The van der Waals surface area contributed by atoms with Crippen LogP contribution in [0, 0.1) is 6.92 Å².